The van der Waals surface area contributed by atoms with E-state index in [0.717, 1.165) is 12.1 Å². The van der Waals surface area contributed by atoms with Crippen molar-refractivity contribution < 1.29 is 5.21 Å². The van der Waals surface area contributed by atoms with Gasteiger partial charge in [0, 0.05) is 29.6 Å². The molecule has 6 heteroatoms. The Labute approximate surface area is 117 Å². The van der Waals surface area contributed by atoms with Crippen LogP contribution in [-0.4, -0.2) is 29.0 Å². The van der Waals surface area contributed by atoms with Gasteiger partial charge in [-0.1, -0.05) is 35.3 Å². The highest BCUT2D eigenvalue weighted by Crippen LogP contribution is 2.22. The zero-order chi connectivity index (χ0) is 13.5. The van der Waals surface area contributed by atoms with Gasteiger partial charge < -0.3 is 10.9 Å². The van der Waals surface area contributed by atoms with E-state index in [9.17, 15) is 0 Å². The Kier molecular flexibility index (Phi) is 6.25. The highest BCUT2D eigenvalue weighted by Gasteiger charge is 2.08. The van der Waals surface area contributed by atoms with Crippen LogP contribution in [0.25, 0.3) is 0 Å². The van der Waals surface area contributed by atoms with Crippen molar-refractivity contribution in [3.8, 4) is 0 Å². The Morgan fingerprint density at radius 1 is 1.44 bits per heavy atom. The van der Waals surface area contributed by atoms with Crippen LogP contribution in [0, 0.1) is 0 Å². The highest BCUT2D eigenvalue weighted by atomic mass is 35.5. The molecule has 0 aliphatic rings. The van der Waals surface area contributed by atoms with Crippen molar-refractivity contribution in [1.29, 1.82) is 0 Å². The Bertz CT molecular complexity index is 424. The zero-order valence-electron chi connectivity index (χ0n) is 10.2. The van der Waals surface area contributed by atoms with Gasteiger partial charge in [-0.15, -0.1) is 0 Å². The summed E-state index contributed by atoms with van der Waals surface area (Å²) < 4.78 is 0. The zero-order valence-corrected chi connectivity index (χ0v) is 11.7. The monoisotopic (exact) mass is 289 g/mol. The third-order valence-electron chi connectivity index (χ3n) is 2.66. The normalized spacial score (nSPS) is 12.1. The lowest BCUT2D eigenvalue weighted by Crippen LogP contribution is -2.28. The van der Waals surface area contributed by atoms with Crippen LogP contribution in [-0.2, 0) is 6.54 Å². The van der Waals surface area contributed by atoms with Gasteiger partial charge in [0.15, 0.2) is 0 Å². The summed E-state index contributed by atoms with van der Waals surface area (Å²) >= 11 is 12.1. The van der Waals surface area contributed by atoms with E-state index in [1.165, 1.54) is 0 Å². The summed E-state index contributed by atoms with van der Waals surface area (Å²) in [6.07, 6.45) is 0.516. The highest BCUT2D eigenvalue weighted by molar-refractivity contribution is 6.33. The van der Waals surface area contributed by atoms with Crippen molar-refractivity contribution in [3.63, 3.8) is 0 Å². The first-order valence-corrected chi connectivity index (χ1v) is 6.45. The second-order valence-electron chi connectivity index (χ2n) is 3.95. The summed E-state index contributed by atoms with van der Waals surface area (Å²) in [7, 11) is 0. The van der Waals surface area contributed by atoms with Crippen LogP contribution in [0.2, 0.25) is 10.0 Å². The Morgan fingerprint density at radius 2 is 2.17 bits per heavy atom. The Morgan fingerprint density at radius 3 is 2.78 bits per heavy atom. The standard InChI is InChI=1S/C12H17Cl2N3O/c1-2-17(6-5-12(15)16-18)8-9-7-10(13)3-4-11(9)14/h3-4,7,18H,2,5-6,8H2,1H3,(H2,15,16). The second kappa shape index (κ2) is 7.46. The van der Waals surface area contributed by atoms with Gasteiger partial charge in [-0.25, -0.2) is 0 Å². The number of hydrogen-bond donors (Lipinski definition) is 2. The van der Waals surface area contributed by atoms with Gasteiger partial charge in [0.05, 0.1) is 0 Å². The van der Waals surface area contributed by atoms with Gasteiger partial charge in [0.1, 0.15) is 5.84 Å². The molecule has 1 rings (SSSR count). The minimum Gasteiger partial charge on any atom is -0.409 e. The molecule has 3 N–H and O–H groups in total. The molecule has 100 valence electrons. The van der Waals surface area contributed by atoms with Gasteiger partial charge >= 0.3 is 0 Å². The lowest BCUT2D eigenvalue weighted by Gasteiger charge is -2.20. The fourth-order valence-corrected chi connectivity index (χ4v) is 1.95. The maximum absolute atomic E-state index is 8.50. The summed E-state index contributed by atoms with van der Waals surface area (Å²) in [4.78, 5) is 2.15. The molecule has 18 heavy (non-hydrogen) atoms. The van der Waals surface area contributed by atoms with E-state index in [4.69, 9.17) is 34.1 Å². The Balaban J connectivity index is 2.65. The third-order valence-corrected chi connectivity index (χ3v) is 3.27. The lowest BCUT2D eigenvalue weighted by molar-refractivity contribution is 0.283. The molecule has 0 saturated heterocycles. The molecule has 1 aromatic carbocycles. The van der Waals surface area contributed by atoms with Gasteiger partial charge in [0.2, 0.25) is 0 Å². The number of nitrogens with zero attached hydrogens (tertiary/aromatic N) is 2. The number of benzene rings is 1. The molecule has 0 heterocycles. The first kappa shape index (κ1) is 15.1. The minimum atomic E-state index is 0.227. The van der Waals surface area contributed by atoms with E-state index < -0.39 is 0 Å². The average molecular weight is 290 g/mol. The first-order valence-electron chi connectivity index (χ1n) is 5.69. The van der Waals surface area contributed by atoms with Gasteiger partial charge in [-0.3, -0.25) is 4.90 Å². The molecule has 0 fully saturated rings. The van der Waals surface area contributed by atoms with E-state index in [1.807, 2.05) is 13.0 Å². The molecule has 4 nitrogen and oxygen atoms in total. The second-order valence-corrected chi connectivity index (χ2v) is 4.79. The summed E-state index contributed by atoms with van der Waals surface area (Å²) in [5.41, 5.74) is 6.43. The molecule has 0 amide bonds. The van der Waals surface area contributed by atoms with Gasteiger partial charge in [-0.05, 0) is 30.3 Å². The van der Waals surface area contributed by atoms with Gasteiger partial charge in [-0.2, -0.15) is 0 Å². The number of rotatable bonds is 6. The Hall–Kier alpha value is -0.970. The summed E-state index contributed by atoms with van der Waals surface area (Å²) in [6, 6.07) is 5.41. The van der Waals surface area contributed by atoms with Crippen LogP contribution >= 0.6 is 23.2 Å². The maximum Gasteiger partial charge on any atom is 0.140 e. The van der Waals surface area contributed by atoms with Crippen molar-refractivity contribution in [2.75, 3.05) is 13.1 Å². The number of oxime groups is 1. The van der Waals surface area contributed by atoms with Crippen LogP contribution in [0.4, 0.5) is 0 Å². The molecule has 0 aliphatic carbocycles. The van der Waals surface area contributed by atoms with Crippen molar-refractivity contribution in [3.05, 3.63) is 33.8 Å². The quantitative estimate of drug-likeness (QED) is 0.366. The number of hydrogen-bond acceptors (Lipinski definition) is 3. The molecular weight excluding hydrogens is 273 g/mol. The summed E-state index contributed by atoms with van der Waals surface area (Å²) in [6.45, 7) is 4.29. The summed E-state index contributed by atoms with van der Waals surface area (Å²) in [5, 5.41) is 12.8. The van der Waals surface area contributed by atoms with E-state index in [1.54, 1.807) is 12.1 Å². The smallest absolute Gasteiger partial charge is 0.140 e. The number of halogens is 2. The maximum atomic E-state index is 8.50. The summed E-state index contributed by atoms with van der Waals surface area (Å²) in [5.74, 6) is 0.227. The van der Waals surface area contributed by atoms with Crippen LogP contribution in [0.15, 0.2) is 23.4 Å². The first-order chi connectivity index (χ1) is 8.56. The minimum absolute atomic E-state index is 0.227. The third kappa shape index (κ3) is 4.72. The van der Waals surface area contributed by atoms with Crippen LogP contribution in [0.3, 0.4) is 0 Å². The molecular formula is C12H17Cl2N3O. The average Bonchev–Trinajstić information content (AvgIpc) is 2.37. The molecule has 0 bridgehead atoms. The molecule has 0 atom stereocenters. The topological polar surface area (TPSA) is 61.8 Å². The largest absolute Gasteiger partial charge is 0.409 e. The molecule has 0 saturated carbocycles. The molecule has 0 spiro atoms. The lowest BCUT2D eigenvalue weighted by atomic mass is 10.2. The van der Waals surface area contributed by atoms with Gasteiger partial charge in [0.25, 0.3) is 0 Å². The SMILES string of the molecule is CCN(CCC(N)=NO)Cc1cc(Cl)ccc1Cl. The van der Waals surface area contributed by atoms with E-state index in [-0.39, 0.29) is 5.84 Å². The number of amidine groups is 1. The van der Waals surface area contributed by atoms with Crippen LogP contribution < -0.4 is 5.73 Å². The molecule has 0 aromatic heterocycles. The predicted molar refractivity (Wildman–Crippen MR) is 75.4 cm³/mol. The predicted octanol–water partition coefficient (Wildman–Crippen LogP) is 2.95. The fourth-order valence-electron chi connectivity index (χ4n) is 1.58. The van der Waals surface area contributed by atoms with Crippen LogP contribution in [0.5, 0.6) is 0 Å². The van der Waals surface area contributed by atoms with Crippen molar-refractivity contribution in [2.45, 2.75) is 19.9 Å². The molecule has 0 unspecified atom stereocenters. The van der Waals surface area contributed by atoms with E-state index in [0.29, 0.717) is 29.6 Å². The molecule has 0 radical (unpaired) electrons. The fraction of sp³-hybridized carbons (Fsp3) is 0.417. The van der Waals surface area contributed by atoms with Crippen molar-refractivity contribution in [2.24, 2.45) is 10.9 Å². The number of nitrogens with two attached hydrogens (primary N) is 1. The van der Waals surface area contributed by atoms with E-state index >= 15 is 0 Å². The molecule has 1 aromatic rings. The van der Waals surface area contributed by atoms with Crippen LogP contribution in [0.1, 0.15) is 18.9 Å². The molecule has 0 aliphatic heterocycles. The van der Waals surface area contributed by atoms with E-state index in [2.05, 4.69) is 10.1 Å². The van der Waals surface area contributed by atoms with Crippen molar-refractivity contribution in [1.82, 2.24) is 4.90 Å². The van der Waals surface area contributed by atoms with Crippen molar-refractivity contribution >= 4 is 29.0 Å².